The Morgan fingerprint density at radius 2 is 1.89 bits per heavy atom. The smallest absolute Gasteiger partial charge is 0.407 e. The number of carboxylic acids is 1. The van der Waals surface area contributed by atoms with Crippen LogP contribution in [0.2, 0.25) is 0 Å². The molecule has 1 N–H and O–H groups in total. The molecule has 5 heteroatoms. The fraction of sp³-hybridized carbons (Fsp3) is 0.692. The Balaban J connectivity index is 2.02. The lowest BCUT2D eigenvalue weighted by molar-refractivity contribution is -0.313. The average Bonchev–Trinajstić information content (AvgIpc) is 2.73. The molecule has 2 aliphatic carbocycles. The van der Waals surface area contributed by atoms with Crippen LogP contribution in [-0.2, 0) is 9.53 Å². The summed E-state index contributed by atoms with van der Waals surface area (Å²) in [6, 6.07) is -0.417. The molecule has 5 nitrogen and oxygen atoms in total. The number of allylic oxidation sites excluding steroid dienone is 1. The van der Waals surface area contributed by atoms with E-state index in [2.05, 4.69) is 5.32 Å². The first-order valence-electron chi connectivity index (χ1n) is 6.16. The van der Waals surface area contributed by atoms with Crippen molar-refractivity contribution in [2.24, 2.45) is 17.8 Å². The van der Waals surface area contributed by atoms with Crippen molar-refractivity contribution >= 4 is 12.1 Å². The van der Waals surface area contributed by atoms with E-state index in [1.54, 1.807) is 20.8 Å². The van der Waals surface area contributed by atoms with Crippen LogP contribution in [0.25, 0.3) is 0 Å². The lowest BCUT2D eigenvalue weighted by atomic mass is 9.89. The molecule has 2 bridgehead atoms. The molecule has 0 aromatic rings. The Hall–Kier alpha value is -1.52. The first kappa shape index (κ1) is 12.9. The molecule has 1 amide bonds. The summed E-state index contributed by atoms with van der Waals surface area (Å²) >= 11 is 0. The first-order chi connectivity index (χ1) is 8.28. The van der Waals surface area contributed by atoms with Crippen LogP contribution >= 0.6 is 0 Å². The third-order valence-corrected chi connectivity index (χ3v) is 3.41. The Kier molecular flexibility index (Phi) is 3.09. The zero-order chi connectivity index (χ0) is 13.5. The zero-order valence-corrected chi connectivity index (χ0v) is 10.8. The van der Waals surface area contributed by atoms with Crippen LogP contribution in [-0.4, -0.2) is 23.7 Å². The summed E-state index contributed by atoms with van der Waals surface area (Å²) in [7, 11) is 0. The van der Waals surface area contributed by atoms with Gasteiger partial charge in [0.2, 0.25) is 0 Å². The van der Waals surface area contributed by atoms with Crippen LogP contribution in [0.4, 0.5) is 4.79 Å². The highest BCUT2D eigenvalue weighted by Crippen LogP contribution is 2.43. The monoisotopic (exact) mass is 252 g/mol. The van der Waals surface area contributed by atoms with Crippen molar-refractivity contribution in [3.05, 3.63) is 12.2 Å². The number of amides is 1. The predicted molar refractivity (Wildman–Crippen MR) is 62.4 cm³/mol. The van der Waals surface area contributed by atoms with E-state index in [-0.39, 0.29) is 11.8 Å². The number of nitrogens with one attached hydrogen (secondary N) is 1. The maximum absolute atomic E-state index is 11.7. The number of alkyl carbamates (subject to hydrolysis) is 1. The van der Waals surface area contributed by atoms with Crippen molar-refractivity contribution in [1.82, 2.24) is 5.32 Å². The van der Waals surface area contributed by atoms with Crippen LogP contribution in [0.1, 0.15) is 27.2 Å². The van der Waals surface area contributed by atoms with Gasteiger partial charge in [-0.1, -0.05) is 12.2 Å². The van der Waals surface area contributed by atoms with Crippen molar-refractivity contribution < 1.29 is 19.4 Å². The molecule has 100 valence electrons. The number of ether oxygens (including phenoxy) is 1. The number of hydrogen-bond acceptors (Lipinski definition) is 4. The third kappa shape index (κ3) is 2.49. The number of fused-ring (bicyclic) bond motifs is 2. The Labute approximate surface area is 106 Å². The topological polar surface area (TPSA) is 78.5 Å². The van der Waals surface area contributed by atoms with Crippen molar-refractivity contribution in [3.63, 3.8) is 0 Å². The summed E-state index contributed by atoms with van der Waals surface area (Å²) in [4.78, 5) is 22.8. The summed E-state index contributed by atoms with van der Waals surface area (Å²) in [5.74, 6) is -1.70. The lowest BCUT2D eigenvalue weighted by Crippen LogP contribution is -2.50. The van der Waals surface area contributed by atoms with Crippen LogP contribution in [0.15, 0.2) is 12.2 Å². The molecule has 0 aromatic carbocycles. The highest BCUT2D eigenvalue weighted by molar-refractivity contribution is 5.74. The summed E-state index contributed by atoms with van der Waals surface area (Å²) < 4.78 is 5.15. The van der Waals surface area contributed by atoms with Gasteiger partial charge in [0.05, 0.1) is 0 Å². The fourth-order valence-electron chi connectivity index (χ4n) is 2.78. The molecule has 0 saturated heterocycles. The van der Waals surface area contributed by atoms with Crippen LogP contribution in [0.5, 0.6) is 0 Å². The summed E-state index contributed by atoms with van der Waals surface area (Å²) in [6.07, 6.45) is 4.06. The zero-order valence-electron chi connectivity index (χ0n) is 10.8. The van der Waals surface area contributed by atoms with Crippen LogP contribution < -0.4 is 10.4 Å². The van der Waals surface area contributed by atoms with Gasteiger partial charge in [0.1, 0.15) is 5.60 Å². The predicted octanol–water partition coefficient (Wildman–Crippen LogP) is 0.452. The molecule has 18 heavy (non-hydrogen) atoms. The summed E-state index contributed by atoms with van der Waals surface area (Å²) in [5.41, 5.74) is -0.589. The highest BCUT2D eigenvalue weighted by atomic mass is 16.6. The van der Waals surface area contributed by atoms with E-state index in [4.69, 9.17) is 4.74 Å². The Morgan fingerprint density at radius 1 is 1.28 bits per heavy atom. The molecule has 2 rings (SSSR count). The molecule has 0 unspecified atom stereocenters. The van der Waals surface area contributed by atoms with E-state index >= 15 is 0 Å². The van der Waals surface area contributed by atoms with Gasteiger partial charge in [-0.15, -0.1) is 0 Å². The molecule has 0 spiro atoms. The van der Waals surface area contributed by atoms with Gasteiger partial charge < -0.3 is 20.0 Å². The van der Waals surface area contributed by atoms with Gasteiger partial charge in [-0.05, 0) is 39.0 Å². The molecular formula is C13H18NO4-. The molecular weight excluding hydrogens is 234 g/mol. The van der Waals surface area contributed by atoms with E-state index in [9.17, 15) is 14.7 Å². The number of carbonyl (C=O) groups excluding carboxylic acids is 2. The number of carbonyl (C=O) groups is 2. The fourth-order valence-corrected chi connectivity index (χ4v) is 2.78. The molecule has 0 aromatic heterocycles. The first-order valence-corrected chi connectivity index (χ1v) is 6.16. The van der Waals surface area contributed by atoms with E-state index < -0.39 is 29.6 Å². The molecule has 4 atom stereocenters. The minimum atomic E-state index is -1.10. The molecule has 0 aliphatic heterocycles. The van der Waals surface area contributed by atoms with Gasteiger partial charge in [-0.25, -0.2) is 4.79 Å². The van der Waals surface area contributed by atoms with Gasteiger partial charge in [-0.3, -0.25) is 0 Å². The highest BCUT2D eigenvalue weighted by Gasteiger charge is 2.46. The van der Waals surface area contributed by atoms with Gasteiger partial charge in [0.25, 0.3) is 0 Å². The van der Waals surface area contributed by atoms with E-state index in [0.717, 1.165) is 6.42 Å². The average molecular weight is 252 g/mol. The quantitative estimate of drug-likeness (QED) is 0.724. The van der Waals surface area contributed by atoms with Crippen molar-refractivity contribution in [1.29, 1.82) is 0 Å². The minimum Gasteiger partial charge on any atom is -0.550 e. The molecule has 1 fully saturated rings. The van der Waals surface area contributed by atoms with E-state index in [1.165, 1.54) is 0 Å². The minimum absolute atomic E-state index is 0.0278. The largest absolute Gasteiger partial charge is 0.550 e. The van der Waals surface area contributed by atoms with Crippen LogP contribution in [0, 0.1) is 17.8 Å². The summed E-state index contributed by atoms with van der Waals surface area (Å²) in [5, 5.41) is 13.8. The van der Waals surface area contributed by atoms with Gasteiger partial charge >= 0.3 is 6.09 Å². The SMILES string of the molecule is CC(C)(C)OC(=O)N[C@@H]1[C@H](C(=O)[O-])[C@@H]2C=C[C@@H]1C2. The van der Waals surface area contributed by atoms with Gasteiger partial charge in [0.15, 0.2) is 0 Å². The number of hydrogen-bond donors (Lipinski definition) is 1. The number of carboxylic acid groups (broad SMARTS) is 1. The molecule has 0 radical (unpaired) electrons. The third-order valence-electron chi connectivity index (χ3n) is 3.41. The van der Waals surface area contributed by atoms with Gasteiger partial charge in [-0.2, -0.15) is 0 Å². The second-order valence-corrected chi connectivity index (χ2v) is 5.97. The second kappa shape index (κ2) is 4.30. The van der Waals surface area contributed by atoms with Crippen LogP contribution in [0.3, 0.4) is 0 Å². The molecule has 2 aliphatic rings. The standard InChI is InChI=1S/C13H19NO4/c1-13(2,3)18-12(17)14-10-8-5-4-7(6-8)9(10)11(15)16/h4-5,7-10H,6H2,1-3H3,(H,14,17)(H,15,16)/p-1/t7-,8-,9-,10+/m1/s1. The van der Waals surface area contributed by atoms with Gasteiger partial charge in [0, 0.05) is 17.9 Å². The number of rotatable bonds is 2. The van der Waals surface area contributed by atoms with Crippen molar-refractivity contribution in [2.75, 3.05) is 0 Å². The Bertz CT molecular complexity index is 396. The molecule has 0 heterocycles. The maximum Gasteiger partial charge on any atom is 0.407 e. The lowest BCUT2D eigenvalue weighted by Gasteiger charge is -2.30. The maximum atomic E-state index is 11.7. The van der Waals surface area contributed by atoms with E-state index in [1.807, 2.05) is 12.2 Å². The van der Waals surface area contributed by atoms with Crippen molar-refractivity contribution in [2.45, 2.75) is 38.8 Å². The summed E-state index contributed by atoms with van der Waals surface area (Å²) in [6.45, 7) is 5.30. The van der Waals surface area contributed by atoms with E-state index in [0.29, 0.717) is 0 Å². The molecule has 1 saturated carbocycles. The second-order valence-electron chi connectivity index (χ2n) is 5.97. The number of aliphatic carboxylic acids is 1. The Morgan fingerprint density at radius 3 is 2.44 bits per heavy atom. The normalized spacial score (nSPS) is 33.5. The van der Waals surface area contributed by atoms with Crippen molar-refractivity contribution in [3.8, 4) is 0 Å².